The lowest BCUT2D eigenvalue weighted by Gasteiger charge is -2.44. The Morgan fingerprint density at radius 3 is 3.00 bits per heavy atom. The zero-order chi connectivity index (χ0) is 12.9. The SMILES string of the molecule is C/C=C1\[C@@H]2C=C(C)C[C@@]1(O)c1ccc(=O)[nH]c1C2. The van der Waals surface area contributed by atoms with Crippen molar-refractivity contribution < 1.29 is 5.11 Å². The van der Waals surface area contributed by atoms with Crippen LogP contribution in [-0.4, -0.2) is 10.1 Å². The maximum atomic E-state index is 11.4. The molecule has 0 spiro atoms. The summed E-state index contributed by atoms with van der Waals surface area (Å²) in [6, 6.07) is 3.27. The highest BCUT2D eigenvalue weighted by atomic mass is 16.3. The van der Waals surface area contributed by atoms with Crippen LogP contribution in [0.3, 0.4) is 0 Å². The monoisotopic (exact) mass is 243 g/mol. The van der Waals surface area contributed by atoms with Crippen molar-refractivity contribution in [3.05, 3.63) is 57.0 Å². The largest absolute Gasteiger partial charge is 0.380 e. The van der Waals surface area contributed by atoms with Crippen molar-refractivity contribution in [2.45, 2.75) is 32.3 Å². The quantitative estimate of drug-likeness (QED) is 0.685. The van der Waals surface area contributed by atoms with Crippen LogP contribution >= 0.6 is 0 Å². The van der Waals surface area contributed by atoms with Crippen LogP contribution in [0.15, 0.2) is 40.2 Å². The Kier molecular flexibility index (Phi) is 2.35. The predicted molar refractivity (Wildman–Crippen MR) is 70.3 cm³/mol. The second-order valence-electron chi connectivity index (χ2n) is 5.32. The predicted octanol–water partition coefficient (Wildman–Crippen LogP) is 2.03. The number of rotatable bonds is 0. The van der Waals surface area contributed by atoms with E-state index in [1.807, 2.05) is 13.0 Å². The van der Waals surface area contributed by atoms with Crippen molar-refractivity contribution in [1.82, 2.24) is 4.98 Å². The number of aromatic amines is 1. The molecule has 1 heterocycles. The second kappa shape index (κ2) is 3.69. The van der Waals surface area contributed by atoms with E-state index in [2.05, 4.69) is 18.0 Å². The third-order valence-corrected chi connectivity index (χ3v) is 4.08. The summed E-state index contributed by atoms with van der Waals surface area (Å²) in [5, 5.41) is 11.0. The van der Waals surface area contributed by atoms with Crippen LogP contribution < -0.4 is 5.56 Å². The molecule has 0 fully saturated rings. The maximum absolute atomic E-state index is 11.4. The van der Waals surface area contributed by atoms with Gasteiger partial charge in [-0.2, -0.15) is 0 Å². The van der Waals surface area contributed by atoms with Gasteiger partial charge < -0.3 is 10.1 Å². The number of aliphatic hydroxyl groups is 1. The highest BCUT2D eigenvalue weighted by Gasteiger charge is 2.45. The lowest BCUT2D eigenvalue weighted by atomic mass is 9.65. The molecule has 1 aromatic rings. The number of H-pyrrole nitrogens is 1. The highest BCUT2D eigenvalue weighted by molar-refractivity contribution is 5.47. The second-order valence-corrected chi connectivity index (χ2v) is 5.32. The van der Waals surface area contributed by atoms with Gasteiger partial charge in [-0.3, -0.25) is 4.79 Å². The van der Waals surface area contributed by atoms with Gasteiger partial charge in [-0.1, -0.05) is 17.7 Å². The molecule has 0 aliphatic heterocycles. The van der Waals surface area contributed by atoms with Gasteiger partial charge in [0.2, 0.25) is 5.56 Å². The Bertz CT molecular complexity index is 624. The minimum atomic E-state index is -0.934. The van der Waals surface area contributed by atoms with Crippen molar-refractivity contribution in [2.24, 2.45) is 5.92 Å². The maximum Gasteiger partial charge on any atom is 0.248 e. The Balaban J connectivity index is 2.28. The van der Waals surface area contributed by atoms with Gasteiger partial charge in [0, 0.05) is 29.7 Å². The summed E-state index contributed by atoms with van der Waals surface area (Å²) in [5.74, 6) is 0.208. The summed E-state index contributed by atoms with van der Waals surface area (Å²) in [7, 11) is 0. The zero-order valence-electron chi connectivity index (χ0n) is 10.7. The van der Waals surface area contributed by atoms with E-state index in [1.54, 1.807) is 6.07 Å². The number of hydrogen-bond donors (Lipinski definition) is 2. The molecule has 0 radical (unpaired) electrons. The number of hydrogen-bond acceptors (Lipinski definition) is 2. The van der Waals surface area contributed by atoms with Crippen molar-refractivity contribution in [2.75, 3.05) is 0 Å². The van der Waals surface area contributed by atoms with E-state index in [0.29, 0.717) is 6.42 Å². The molecule has 2 bridgehead atoms. The Morgan fingerprint density at radius 1 is 1.50 bits per heavy atom. The minimum Gasteiger partial charge on any atom is -0.380 e. The van der Waals surface area contributed by atoms with Crippen LogP contribution in [0.25, 0.3) is 0 Å². The summed E-state index contributed by atoms with van der Waals surface area (Å²) in [5.41, 5.74) is 2.98. The van der Waals surface area contributed by atoms with Crippen LogP contribution in [0, 0.1) is 5.92 Å². The van der Waals surface area contributed by atoms with E-state index >= 15 is 0 Å². The van der Waals surface area contributed by atoms with Gasteiger partial charge in [0.1, 0.15) is 5.60 Å². The summed E-state index contributed by atoms with van der Waals surface area (Å²) < 4.78 is 0. The Morgan fingerprint density at radius 2 is 2.28 bits per heavy atom. The number of aromatic nitrogens is 1. The van der Waals surface area contributed by atoms with Gasteiger partial charge in [-0.25, -0.2) is 0 Å². The number of allylic oxidation sites excluding steroid dienone is 2. The van der Waals surface area contributed by atoms with E-state index in [9.17, 15) is 9.90 Å². The lowest BCUT2D eigenvalue weighted by Crippen LogP contribution is -2.41. The molecule has 0 amide bonds. The standard InChI is InChI=1S/C15H17NO2/c1-3-11-10-6-9(2)8-15(11,18)12-4-5-14(17)16-13(12)7-10/h3-6,10,18H,7-8H2,1-2H3,(H,16,17)/b11-3+/t10-,15+/m1/s1. The molecule has 2 N–H and O–H groups in total. The molecule has 3 heteroatoms. The average molecular weight is 243 g/mol. The molecule has 1 aromatic heterocycles. The Labute approximate surface area is 106 Å². The van der Waals surface area contributed by atoms with Gasteiger partial charge in [0.05, 0.1) is 0 Å². The fraction of sp³-hybridized carbons (Fsp3) is 0.400. The van der Waals surface area contributed by atoms with E-state index in [0.717, 1.165) is 23.3 Å². The highest BCUT2D eigenvalue weighted by Crippen LogP contribution is 2.49. The van der Waals surface area contributed by atoms with Gasteiger partial charge in [-0.15, -0.1) is 0 Å². The van der Waals surface area contributed by atoms with E-state index in [-0.39, 0.29) is 11.5 Å². The van der Waals surface area contributed by atoms with Crippen LogP contribution in [0.2, 0.25) is 0 Å². The van der Waals surface area contributed by atoms with Crippen LogP contribution in [0.1, 0.15) is 31.5 Å². The van der Waals surface area contributed by atoms with Gasteiger partial charge in [-0.05, 0) is 31.9 Å². The smallest absolute Gasteiger partial charge is 0.248 e. The van der Waals surface area contributed by atoms with Crippen molar-refractivity contribution in [3.8, 4) is 0 Å². The number of nitrogens with one attached hydrogen (secondary N) is 1. The minimum absolute atomic E-state index is 0.0972. The van der Waals surface area contributed by atoms with Crippen LogP contribution in [-0.2, 0) is 12.0 Å². The molecule has 3 rings (SSSR count). The van der Waals surface area contributed by atoms with Crippen LogP contribution in [0.5, 0.6) is 0 Å². The molecule has 18 heavy (non-hydrogen) atoms. The van der Waals surface area contributed by atoms with Gasteiger partial charge in [0.15, 0.2) is 0 Å². The summed E-state index contributed by atoms with van der Waals surface area (Å²) in [6.07, 6.45) is 5.60. The fourth-order valence-corrected chi connectivity index (χ4v) is 3.46. The van der Waals surface area contributed by atoms with E-state index in [4.69, 9.17) is 0 Å². The third-order valence-electron chi connectivity index (χ3n) is 4.08. The lowest BCUT2D eigenvalue weighted by molar-refractivity contribution is 0.0547. The van der Waals surface area contributed by atoms with Crippen molar-refractivity contribution in [3.63, 3.8) is 0 Å². The molecular weight excluding hydrogens is 226 g/mol. The van der Waals surface area contributed by atoms with E-state index in [1.165, 1.54) is 11.6 Å². The molecule has 94 valence electrons. The number of pyridine rings is 1. The molecule has 3 nitrogen and oxygen atoms in total. The normalized spacial score (nSPS) is 32.1. The summed E-state index contributed by atoms with van der Waals surface area (Å²) in [4.78, 5) is 14.3. The molecule has 0 aromatic carbocycles. The van der Waals surface area contributed by atoms with Crippen molar-refractivity contribution >= 4 is 0 Å². The molecule has 2 aliphatic carbocycles. The first-order valence-corrected chi connectivity index (χ1v) is 6.33. The number of fused-ring (bicyclic) bond motifs is 4. The first-order valence-electron chi connectivity index (χ1n) is 6.33. The van der Waals surface area contributed by atoms with Crippen LogP contribution in [0.4, 0.5) is 0 Å². The van der Waals surface area contributed by atoms with Gasteiger partial charge >= 0.3 is 0 Å². The molecule has 0 unspecified atom stereocenters. The fourth-order valence-electron chi connectivity index (χ4n) is 3.46. The van der Waals surface area contributed by atoms with E-state index < -0.39 is 5.60 Å². The first-order chi connectivity index (χ1) is 8.54. The molecule has 0 saturated heterocycles. The zero-order valence-corrected chi connectivity index (χ0v) is 10.7. The topological polar surface area (TPSA) is 53.1 Å². The first kappa shape index (κ1) is 11.5. The van der Waals surface area contributed by atoms with Gasteiger partial charge in [0.25, 0.3) is 0 Å². The average Bonchev–Trinajstić information content (AvgIpc) is 2.26. The van der Waals surface area contributed by atoms with Crippen molar-refractivity contribution in [1.29, 1.82) is 0 Å². The third kappa shape index (κ3) is 1.44. The summed E-state index contributed by atoms with van der Waals surface area (Å²) >= 11 is 0. The summed E-state index contributed by atoms with van der Waals surface area (Å²) in [6.45, 7) is 4.03. The molecule has 2 aliphatic rings. The molecule has 0 saturated carbocycles. The molecule has 2 atom stereocenters. The molecular formula is C15H17NO2. The Hall–Kier alpha value is -1.61.